The van der Waals surface area contributed by atoms with Gasteiger partial charge in [0.2, 0.25) is 0 Å². The number of hydrogen-bond donors (Lipinski definition) is 2. The van der Waals surface area contributed by atoms with Crippen LogP contribution in [-0.4, -0.2) is 11.3 Å². The molecule has 12 heavy (non-hydrogen) atoms. The van der Waals surface area contributed by atoms with Gasteiger partial charge in [-0.2, -0.15) is 13.2 Å². The van der Waals surface area contributed by atoms with E-state index in [-0.39, 0.29) is 0 Å². The molecule has 0 aromatic rings. The molecule has 0 aromatic heterocycles. The van der Waals surface area contributed by atoms with E-state index in [0.29, 0.717) is 0 Å². The van der Waals surface area contributed by atoms with E-state index in [1.54, 1.807) is 0 Å². The number of halogens is 4. The van der Waals surface area contributed by atoms with Gasteiger partial charge in [0.05, 0.1) is 5.57 Å². The van der Waals surface area contributed by atoms with E-state index in [1.807, 2.05) is 0 Å². The number of nitrogens with one attached hydrogen (secondary N) is 1. The van der Waals surface area contributed by atoms with Crippen LogP contribution in [0.4, 0.5) is 13.2 Å². The Balaban J connectivity index is 2.78. The number of allylic oxidation sites excluding steroid dienone is 2. The Morgan fingerprint density at radius 3 is 2.42 bits per heavy atom. The van der Waals surface area contributed by atoms with Gasteiger partial charge in [0.1, 0.15) is 0 Å². The number of nitrogens with two attached hydrogens (primary N) is 1. The lowest BCUT2D eigenvalue weighted by Crippen LogP contribution is -2.45. The fraction of sp³-hybridized carbons (Fsp3) is 0.333. The number of alkyl halides is 4. The van der Waals surface area contributed by atoms with Gasteiger partial charge in [0, 0.05) is 6.20 Å². The Bertz CT molecular complexity index is 242. The summed E-state index contributed by atoms with van der Waals surface area (Å²) in [4.78, 5) is 0. The van der Waals surface area contributed by atoms with Crippen molar-refractivity contribution < 1.29 is 13.2 Å². The molecule has 2 nitrogen and oxygen atoms in total. The fourth-order valence-electron chi connectivity index (χ4n) is 0.672. The number of dihydropyridines is 1. The molecule has 0 saturated carbocycles. The molecule has 1 heterocycles. The van der Waals surface area contributed by atoms with E-state index in [0.717, 1.165) is 18.4 Å². The zero-order valence-corrected chi connectivity index (χ0v) is 6.58. The van der Waals surface area contributed by atoms with E-state index in [4.69, 9.17) is 17.3 Å². The predicted octanol–water partition coefficient (Wildman–Crippen LogP) is 1.44. The molecule has 1 atom stereocenters. The molecule has 1 rings (SSSR count). The summed E-state index contributed by atoms with van der Waals surface area (Å²) in [5, 5.41) is 0.781. The van der Waals surface area contributed by atoms with Gasteiger partial charge in [-0.15, -0.1) is 0 Å². The number of hydrogen-bond acceptors (Lipinski definition) is 2. The third kappa shape index (κ3) is 2.15. The predicted molar refractivity (Wildman–Crippen MR) is 39.2 cm³/mol. The van der Waals surface area contributed by atoms with E-state index in [2.05, 4.69) is 5.32 Å². The lowest BCUT2D eigenvalue weighted by Gasteiger charge is -2.23. The Labute approximate surface area is 71.9 Å². The average molecular weight is 199 g/mol. The van der Waals surface area contributed by atoms with Crippen molar-refractivity contribution in [3.05, 3.63) is 23.9 Å². The minimum absolute atomic E-state index is 0.743. The SMILES string of the molecule is NC1(Cl)C=CC(C(F)(F)F)=CN1. The van der Waals surface area contributed by atoms with Crippen LogP contribution in [-0.2, 0) is 0 Å². The van der Waals surface area contributed by atoms with Crippen molar-refractivity contribution in [2.75, 3.05) is 0 Å². The maximum atomic E-state index is 11.9. The van der Waals surface area contributed by atoms with Gasteiger partial charge in [-0.3, -0.25) is 5.73 Å². The van der Waals surface area contributed by atoms with E-state index >= 15 is 0 Å². The smallest absolute Gasteiger partial charge is 0.357 e. The monoisotopic (exact) mass is 198 g/mol. The molecule has 1 aliphatic heterocycles. The van der Waals surface area contributed by atoms with Gasteiger partial charge in [0.25, 0.3) is 0 Å². The zero-order valence-electron chi connectivity index (χ0n) is 5.82. The third-order valence-electron chi connectivity index (χ3n) is 1.28. The van der Waals surface area contributed by atoms with Crippen LogP contribution in [0, 0.1) is 0 Å². The molecule has 0 amide bonds. The minimum atomic E-state index is -4.36. The van der Waals surface area contributed by atoms with E-state index in [1.165, 1.54) is 0 Å². The summed E-state index contributed by atoms with van der Waals surface area (Å²) in [6, 6.07) is 0. The minimum Gasteiger partial charge on any atom is -0.357 e. The summed E-state index contributed by atoms with van der Waals surface area (Å²) >= 11 is 5.46. The summed E-state index contributed by atoms with van der Waals surface area (Å²) in [5.41, 5.74) is 4.44. The molecule has 68 valence electrons. The highest BCUT2D eigenvalue weighted by atomic mass is 35.5. The van der Waals surface area contributed by atoms with Crippen LogP contribution in [0.3, 0.4) is 0 Å². The quantitative estimate of drug-likeness (QED) is 0.457. The first-order chi connectivity index (χ1) is 5.31. The molecule has 0 fully saturated rings. The molecule has 0 radical (unpaired) electrons. The highest BCUT2D eigenvalue weighted by Crippen LogP contribution is 2.28. The summed E-state index contributed by atoms with van der Waals surface area (Å²) in [6.07, 6.45) is -1.75. The molecular weight excluding hydrogens is 193 g/mol. The van der Waals surface area contributed by atoms with E-state index in [9.17, 15) is 13.2 Å². The van der Waals surface area contributed by atoms with Crippen molar-refractivity contribution in [1.29, 1.82) is 0 Å². The summed E-state index contributed by atoms with van der Waals surface area (Å²) in [6.45, 7) is 0. The van der Waals surface area contributed by atoms with Gasteiger partial charge in [-0.05, 0) is 12.2 Å². The molecular formula is C6H6ClF3N2. The second-order valence-electron chi connectivity index (χ2n) is 2.34. The molecule has 3 N–H and O–H groups in total. The average Bonchev–Trinajstić information content (AvgIpc) is 1.83. The third-order valence-corrected chi connectivity index (χ3v) is 1.52. The van der Waals surface area contributed by atoms with Crippen molar-refractivity contribution in [3.8, 4) is 0 Å². The molecule has 0 bridgehead atoms. The summed E-state index contributed by atoms with van der Waals surface area (Å²) in [5.74, 6) is 0. The van der Waals surface area contributed by atoms with Crippen LogP contribution >= 0.6 is 11.6 Å². The van der Waals surface area contributed by atoms with E-state index < -0.39 is 16.9 Å². The van der Waals surface area contributed by atoms with Gasteiger partial charge in [0.15, 0.2) is 5.12 Å². The van der Waals surface area contributed by atoms with Crippen molar-refractivity contribution >= 4 is 11.6 Å². The van der Waals surface area contributed by atoms with Gasteiger partial charge < -0.3 is 5.32 Å². The lowest BCUT2D eigenvalue weighted by atomic mass is 10.2. The maximum Gasteiger partial charge on any atom is 0.417 e. The molecule has 0 saturated heterocycles. The first-order valence-electron chi connectivity index (χ1n) is 3.03. The molecule has 1 unspecified atom stereocenters. The van der Waals surface area contributed by atoms with Crippen molar-refractivity contribution in [3.63, 3.8) is 0 Å². The lowest BCUT2D eigenvalue weighted by molar-refractivity contribution is -0.0888. The zero-order chi connectivity index (χ0) is 9.41. The molecule has 0 aromatic carbocycles. The second kappa shape index (κ2) is 2.67. The summed E-state index contributed by atoms with van der Waals surface area (Å²) in [7, 11) is 0. The highest BCUT2D eigenvalue weighted by Gasteiger charge is 2.34. The normalized spacial score (nSPS) is 29.6. The van der Waals surface area contributed by atoms with Crippen LogP contribution in [0.2, 0.25) is 0 Å². The molecule has 1 aliphatic rings. The Hall–Kier alpha value is -0.680. The first kappa shape index (κ1) is 9.41. The highest BCUT2D eigenvalue weighted by molar-refractivity contribution is 6.24. The van der Waals surface area contributed by atoms with Crippen molar-refractivity contribution in [2.45, 2.75) is 11.3 Å². The Morgan fingerprint density at radius 2 is 2.08 bits per heavy atom. The fourth-order valence-corrected chi connectivity index (χ4v) is 0.790. The second-order valence-corrected chi connectivity index (χ2v) is 2.97. The van der Waals surface area contributed by atoms with Crippen LogP contribution in [0.25, 0.3) is 0 Å². The van der Waals surface area contributed by atoms with Gasteiger partial charge in [-0.25, -0.2) is 0 Å². The van der Waals surface area contributed by atoms with Crippen LogP contribution in [0.5, 0.6) is 0 Å². The largest absolute Gasteiger partial charge is 0.417 e. The van der Waals surface area contributed by atoms with Crippen molar-refractivity contribution in [2.24, 2.45) is 5.73 Å². The standard InChI is InChI=1S/C6H6ClF3N2/c7-5(11)2-1-4(3-12-5)6(8,9)10/h1-3,12H,11H2. The maximum absolute atomic E-state index is 11.9. The van der Waals surface area contributed by atoms with Gasteiger partial charge in [-0.1, -0.05) is 11.6 Å². The first-order valence-corrected chi connectivity index (χ1v) is 3.41. The van der Waals surface area contributed by atoms with Gasteiger partial charge >= 0.3 is 6.18 Å². The van der Waals surface area contributed by atoms with Crippen LogP contribution in [0.15, 0.2) is 23.9 Å². The van der Waals surface area contributed by atoms with Crippen LogP contribution in [0.1, 0.15) is 0 Å². The topological polar surface area (TPSA) is 38.0 Å². The van der Waals surface area contributed by atoms with Crippen molar-refractivity contribution in [1.82, 2.24) is 5.32 Å². The van der Waals surface area contributed by atoms with Crippen LogP contribution < -0.4 is 11.1 Å². The molecule has 0 spiro atoms. The molecule has 6 heteroatoms. The summed E-state index contributed by atoms with van der Waals surface area (Å²) < 4.78 is 35.8. The number of rotatable bonds is 0. The Morgan fingerprint density at radius 1 is 1.50 bits per heavy atom. The molecule has 0 aliphatic carbocycles. The Kier molecular flexibility index (Phi) is 2.09.